The number of terminal acetylenes is 1. The first-order valence-electron chi connectivity index (χ1n) is 4.07. The van der Waals surface area contributed by atoms with Gasteiger partial charge in [0.25, 0.3) is 0 Å². The highest BCUT2D eigenvalue weighted by atomic mass is 32.2. The predicted octanol–water partition coefficient (Wildman–Crippen LogP) is 1.38. The van der Waals surface area contributed by atoms with Gasteiger partial charge < -0.3 is 0 Å². The molecule has 0 aromatic heterocycles. The van der Waals surface area contributed by atoms with Crippen LogP contribution in [-0.2, 0) is 0 Å². The summed E-state index contributed by atoms with van der Waals surface area (Å²) in [5, 5.41) is 0. The van der Waals surface area contributed by atoms with E-state index < -0.39 is 0 Å². The highest BCUT2D eigenvalue weighted by molar-refractivity contribution is 7.99. The SMILES string of the molecule is C#CC(CSc1cccc(F)c1)NN. The fourth-order valence-corrected chi connectivity index (χ4v) is 1.80. The third-order valence-corrected chi connectivity index (χ3v) is 2.70. The summed E-state index contributed by atoms with van der Waals surface area (Å²) in [5.41, 5.74) is 2.49. The Morgan fingerprint density at radius 1 is 1.64 bits per heavy atom. The van der Waals surface area contributed by atoms with Crippen molar-refractivity contribution in [3.05, 3.63) is 30.1 Å². The molecule has 4 heteroatoms. The first-order valence-corrected chi connectivity index (χ1v) is 5.05. The van der Waals surface area contributed by atoms with Gasteiger partial charge in [0, 0.05) is 10.6 Å². The molecule has 0 saturated carbocycles. The van der Waals surface area contributed by atoms with E-state index in [0.717, 1.165) is 4.90 Å². The fourth-order valence-electron chi connectivity index (χ4n) is 0.881. The van der Waals surface area contributed by atoms with Gasteiger partial charge in [-0.2, -0.15) is 0 Å². The highest BCUT2D eigenvalue weighted by Gasteiger charge is 2.03. The van der Waals surface area contributed by atoms with E-state index in [0.29, 0.717) is 5.75 Å². The molecule has 0 heterocycles. The minimum Gasteiger partial charge on any atom is -0.270 e. The van der Waals surface area contributed by atoms with Gasteiger partial charge in [-0.25, -0.2) is 9.82 Å². The molecule has 0 amide bonds. The van der Waals surface area contributed by atoms with Crippen LogP contribution in [0.25, 0.3) is 0 Å². The van der Waals surface area contributed by atoms with Gasteiger partial charge in [-0.1, -0.05) is 12.0 Å². The minimum absolute atomic E-state index is 0.191. The van der Waals surface area contributed by atoms with Crippen LogP contribution in [0.2, 0.25) is 0 Å². The lowest BCUT2D eigenvalue weighted by atomic mass is 10.3. The Morgan fingerprint density at radius 2 is 2.43 bits per heavy atom. The number of benzene rings is 1. The van der Waals surface area contributed by atoms with E-state index >= 15 is 0 Å². The molecule has 1 atom stereocenters. The number of halogens is 1. The van der Waals surface area contributed by atoms with Gasteiger partial charge >= 0.3 is 0 Å². The predicted molar refractivity (Wildman–Crippen MR) is 57.1 cm³/mol. The molecule has 0 bridgehead atoms. The summed E-state index contributed by atoms with van der Waals surface area (Å²) < 4.78 is 12.8. The zero-order valence-corrected chi connectivity index (χ0v) is 8.35. The molecule has 1 unspecified atom stereocenters. The number of nitrogens with one attached hydrogen (secondary N) is 1. The van der Waals surface area contributed by atoms with Gasteiger partial charge in [0.2, 0.25) is 0 Å². The summed E-state index contributed by atoms with van der Waals surface area (Å²) >= 11 is 1.47. The third-order valence-electron chi connectivity index (χ3n) is 1.62. The van der Waals surface area contributed by atoms with Crippen LogP contribution in [0.5, 0.6) is 0 Å². The molecule has 0 aliphatic heterocycles. The average molecular weight is 210 g/mol. The van der Waals surface area contributed by atoms with E-state index in [2.05, 4.69) is 11.3 Å². The summed E-state index contributed by atoms with van der Waals surface area (Å²) in [6.07, 6.45) is 5.20. The molecule has 74 valence electrons. The molecule has 0 radical (unpaired) electrons. The van der Waals surface area contributed by atoms with Crippen LogP contribution >= 0.6 is 11.8 Å². The molecular formula is C10H11FN2S. The Hall–Kier alpha value is -1.02. The molecule has 0 aliphatic rings. The van der Waals surface area contributed by atoms with Crippen LogP contribution in [0.15, 0.2) is 29.2 Å². The fraction of sp³-hybridized carbons (Fsp3) is 0.200. The zero-order chi connectivity index (χ0) is 10.4. The lowest BCUT2D eigenvalue weighted by Crippen LogP contribution is -2.35. The topological polar surface area (TPSA) is 38.0 Å². The maximum absolute atomic E-state index is 12.8. The van der Waals surface area contributed by atoms with Gasteiger partial charge in [0.1, 0.15) is 5.82 Å². The number of hydrogen-bond donors (Lipinski definition) is 2. The lowest BCUT2D eigenvalue weighted by Gasteiger charge is -2.07. The van der Waals surface area contributed by atoms with Crippen LogP contribution in [0.4, 0.5) is 4.39 Å². The Kier molecular flexibility index (Phi) is 4.47. The van der Waals surface area contributed by atoms with Crippen molar-refractivity contribution >= 4 is 11.8 Å². The van der Waals surface area contributed by atoms with Gasteiger partial charge in [-0.05, 0) is 18.2 Å². The zero-order valence-electron chi connectivity index (χ0n) is 7.53. The third kappa shape index (κ3) is 3.38. The molecule has 0 saturated heterocycles. The van der Waals surface area contributed by atoms with Crippen LogP contribution in [0, 0.1) is 18.2 Å². The number of nitrogens with two attached hydrogens (primary N) is 1. The highest BCUT2D eigenvalue weighted by Crippen LogP contribution is 2.18. The molecule has 1 aromatic rings. The summed E-state index contributed by atoms with van der Waals surface area (Å²) in [5.74, 6) is 8.06. The first-order chi connectivity index (χ1) is 6.76. The summed E-state index contributed by atoms with van der Waals surface area (Å²) in [7, 11) is 0. The van der Waals surface area contributed by atoms with Gasteiger partial charge in [-0.3, -0.25) is 5.84 Å². The molecule has 1 rings (SSSR count). The molecule has 1 aromatic carbocycles. The number of thioether (sulfide) groups is 1. The Labute approximate surface area is 87.0 Å². The number of hydrazine groups is 1. The van der Waals surface area contributed by atoms with Crippen LogP contribution in [0.3, 0.4) is 0 Å². The van der Waals surface area contributed by atoms with Crippen LogP contribution in [-0.4, -0.2) is 11.8 Å². The van der Waals surface area contributed by atoms with Crippen LogP contribution in [0.1, 0.15) is 0 Å². The molecule has 0 spiro atoms. The second-order valence-corrected chi connectivity index (χ2v) is 3.75. The van der Waals surface area contributed by atoms with Gasteiger partial charge in [-0.15, -0.1) is 18.2 Å². The molecule has 0 aliphatic carbocycles. The van der Waals surface area contributed by atoms with Crippen molar-refractivity contribution in [1.29, 1.82) is 0 Å². The molecule has 3 N–H and O–H groups in total. The van der Waals surface area contributed by atoms with E-state index in [1.807, 2.05) is 6.07 Å². The lowest BCUT2D eigenvalue weighted by molar-refractivity contribution is 0.624. The standard InChI is InChI=1S/C10H11FN2S/c1-2-9(13-12)7-14-10-5-3-4-8(11)6-10/h1,3-6,9,13H,7,12H2. The molecule has 2 nitrogen and oxygen atoms in total. The second-order valence-electron chi connectivity index (χ2n) is 2.65. The maximum atomic E-state index is 12.8. The minimum atomic E-state index is -0.243. The van der Waals surface area contributed by atoms with Crippen molar-refractivity contribution in [2.75, 3.05) is 5.75 Å². The van der Waals surface area contributed by atoms with E-state index in [1.165, 1.54) is 23.9 Å². The Bertz CT molecular complexity index is 335. The van der Waals surface area contributed by atoms with Crippen molar-refractivity contribution < 1.29 is 4.39 Å². The van der Waals surface area contributed by atoms with Crippen molar-refractivity contribution in [2.45, 2.75) is 10.9 Å². The van der Waals surface area contributed by atoms with Gasteiger partial charge in [0.05, 0.1) is 6.04 Å². The van der Waals surface area contributed by atoms with E-state index in [4.69, 9.17) is 12.3 Å². The van der Waals surface area contributed by atoms with Crippen molar-refractivity contribution in [1.82, 2.24) is 5.43 Å². The van der Waals surface area contributed by atoms with Gasteiger partial charge in [0.15, 0.2) is 0 Å². The smallest absolute Gasteiger partial charge is 0.124 e. The Morgan fingerprint density at radius 3 is 3.00 bits per heavy atom. The number of rotatable bonds is 4. The maximum Gasteiger partial charge on any atom is 0.124 e. The van der Waals surface area contributed by atoms with E-state index in [1.54, 1.807) is 6.07 Å². The quantitative estimate of drug-likeness (QED) is 0.341. The monoisotopic (exact) mass is 210 g/mol. The Balaban J connectivity index is 2.50. The number of hydrogen-bond acceptors (Lipinski definition) is 3. The molecular weight excluding hydrogens is 199 g/mol. The van der Waals surface area contributed by atoms with Crippen molar-refractivity contribution in [3.63, 3.8) is 0 Å². The summed E-state index contributed by atoms with van der Waals surface area (Å²) in [6, 6.07) is 6.18. The summed E-state index contributed by atoms with van der Waals surface area (Å²) in [4.78, 5) is 0.848. The molecule has 14 heavy (non-hydrogen) atoms. The molecule has 0 fully saturated rings. The van der Waals surface area contributed by atoms with E-state index in [-0.39, 0.29) is 11.9 Å². The largest absolute Gasteiger partial charge is 0.270 e. The first kappa shape index (κ1) is 11.1. The average Bonchev–Trinajstić information content (AvgIpc) is 2.19. The van der Waals surface area contributed by atoms with E-state index in [9.17, 15) is 4.39 Å². The van der Waals surface area contributed by atoms with Crippen LogP contribution < -0.4 is 11.3 Å². The van der Waals surface area contributed by atoms with Crippen molar-refractivity contribution in [2.24, 2.45) is 5.84 Å². The second kappa shape index (κ2) is 5.66. The van der Waals surface area contributed by atoms with Crippen molar-refractivity contribution in [3.8, 4) is 12.3 Å². The summed E-state index contributed by atoms with van der Waals surface area (Å²) in [6.45, 7) is 0. The normalized spacial score (nSPS) is 12.1.